The third-order valence-corrected chi connectivity index (χ3v) is 7.55. The molecule has 0 radical (unpaired) electrons. The maximum atomic E-state index is 13.6. The van der Waals surface area contributed by atoms with E-state index in [1.54, 1.807) is 10.8 Å². The summed E-state index contributed by atoms with van der Waals surface area (Å²) in [7, 11) is -4.70. The third kappa shape index (κ3) is 5.23. The van der Waals surface area contributed by atoms with Gasteiger partial charge in [0.2, 0.25) is 10.0 Å². The molecular formula is C21H20ClF4N3O3S. The van der Waals surface area contributed by atoms with Crippen LogP contribution in [0.4, 0.5) is 17.6 Å². The van der Waals surface area contributed by atoms with Crippen LogP contribution < -0.4 is 4.72 Å². The van der Waals surface area contributed by atoms with Crippen molar-refractivity contribution in [2.24, 2.45) is 0 Å². The molecule has 1 aromatic heterocycles. The molecule has 1 aliphatic rings. The Morgan fingerprint density at radius 2 is 2.00 bits per heavy atom. The molecule has 12 heteroatoms. The highest BCUT2D eigenvalue weighted by Gasteiger charge is 2.41. The summed E-state index contributed by atoms with van der Waals surface area (Å²) < 4.78 is 81.5. The Bertz CT molecular complexity index is 1230. The summed E-state index contributed by atoms with van der Waals surface area (Å²) in [5.74, 6) is -1.34. The fourth-order valence-corrected chi connectivity index (χ4v) is 5.98. The minimum atomic E-state index is -4.81. The van der Waals surface area contributed by atoms with Gasteiger partial charge < -0.3 is 4.57 Å². The van der Waals surface area contributed by atoms with E-state index < -0.39 is 43.8 Å². The van der Waals surface area contributed by atoms with Gasteiger partial charge in [0.1, 0.15) is 28.5 Å². The van der Waals surface area contributed by atoms with Crippen LogP contribution in [0.3, 0.4) is 0 Å². The minimum absolute atomic E-state index is 0.128. The number of halogens is 5. The Kier molecular flexibility index (Phi) is 7.21. The van der Waals surface area contributed by atoms with E-state index in [9.17, 15) is 30.8 Å². The SMILES string of the molecule is C[C@@H](NS(=O)(=O)c1c(Cl)c(C(=O)Cc2ccc(F)c(C#N)c2)n2c1CCCCC2)C(F)(F)F. The Morgan fingerprint density at radius 3 is 2.64 bits per heavy atom. The second-order valence-electron chi connectivity index (χ2n) is 7.81. The van der Waals surface area contributed by atoms with E-state index in [-0.39, 0.29) is 36.3 Å². The van der Waals surface area contributed by atoms with Crippen molar-refractivity contribution in [3.8, 4) is 6.07 Å². The fraction of sp³-hybridized carbons (Fsp3) is 0.429. The highest BCUT2D eigenvalue weighted by molar-refractivity contribution is 7.89. The summed E-state index contributed by atoms with van der Waals surface area (Å²) in [5.41, 5.74) is 0.108. The molecule has 0 amide bonds. The van der Waals surface area contributed by atoms with E-state index in [0.717, 1.165) is 12.5 Å². The fourth-order valence-electron chi connectivity index (χ4n) is 3.79. The average Bonchev–Trinajstić information content (AvgIpc) is 2.84. The lowest BCUT2D eigenvalue weighted by Gasteiger charge is -2.18. The molecule has 0 bridgehead atoms. The Balaban J connectivity index is 2.07. The predicted octanol–water partition coefficient (Wildman–Crippen LogP) is 4.53. The summed E-state index contributed by atoms with van der Waals surface area (Å²) in [6, 6.07) is 2.88. The van der Waals surface area contributed by atoms with Gasteiger partial charge in [-0.3, -0.25) is 4.79 Å². The summed E-state index contributed by atoms with van der Waals surface area (Å²) in [5, 5.41) is 8.55. The summed E-state index contributed by atoms with van der Waals surface area (Å²) >= 11 is 6.35. The maximum absolute atomic E-state index is 13.6. The molecule has 0 unspecified atom stereocenters. The number of hydrogen-bond donors (Lipinski definition) is 1. The molecule has 6 nitrogen and oxygen atoms in total. The first kappa shape index (κ1) is 25.2. The number of aromatic nitrogens is 1. The standard InChI is InChI=1S/C21H20ClF4N3O3S/c1-12(21(24,25)26)28-33(31,32)20-16-5-3-2-4-8-29(16)19(18(20)22)17(30)10-13-6-7-15(23)14(9-13)11-27/h6-7,9,12,28H,2-5,8,10H2,1H3/t12-/m1/s1. The van der Waals surface area contributed by atoms with E-state index in [1.165, 1.54) is 16.7 Å². The van der Waals surface area contributed by atoms with Crippen LogP contribution in [-0.4, -0.2) is 31.0 Å². The zero-order chi connectivity index (χ0) is 24.6. The van der Waals surface area contributed by atoms with Gasteiger partial charge in [-0.15, -0.1) is 0 Å². The summed E-state index contributed by atoms with van der Waals surface area (Å²) in [4.78, 5) is 12.6. The zero-order valence-electron chi connectivity index (χ0n) is 17.5. The normalized spacial score (nSPS) is 15.4. The molecule has 1 aliphatic heterocycles. The molecule has 0 spiro atoms. The number of hydrogen-bond acceptors (Lipinski definition) is 4. The smallest absolute Gasteiger partial charge is 0.340 e. The first-order valence-electron chi connectivity index (χ1n) is 10.1. The lowest BCUT2D eigenvalue weighted by Crippen LogP contribution is -2.43. The molecule has 1 atom stereocenters. The Labute approximate surface area is 193 Å². The molecule has 1 aromatic carbocycles. The molecule has 3 rings (SSSR count). The van der Waals surface area contributed by atoms with Crippen LogP contribution >= 0.6 is 11.6 Å². The third-order valence-electron chi connectivity index (χ3n) is 5.43. The number of alkyl halides is 3. The van der Waals surface area contributed by atoms with Gasteiger partial charge in [-0.1, -0.05) is 24.1 Å². The molecule has 1 N–H and O–H groups in total. The van der Waals surface area contributed by atoms with Crippen LogP contribution in [0, 0.1) is 17.1 Å². The topological polar surface area (TPSA) is 92.0 Å². The molecule has 0 aliphatic carbocycles. The van der Waals surface area contributed by atoms with Crippen molar-refractivity contribution in [1.82, 2.24) is 9.29 Å². The van der Waals surface area contributed by atoms with Crippen molar-refractivity contribution in [3.63, 3.8) is 0 Å². The largest absolute Gasteiger partial charge is 0.404 e. The minimum Gasteiger partial charge on any atom is -0.340 e. The second kappa shape index (κ2) is 9.44. The van der Waals surface area contributed by atoms with Crippen molar-refractivity contribution in [2.75, 3.05) is 0 Å². The molecule has 0 saturated carbocycles. The molecule has 2 aromatic rings. The number of fused-ring (bicyclic) bond motifs is 1. The van der Waals surface area contributed by atoms with Crippen LogP contribution in [-0.2, 0) is 29.4 Å². The lowest BCUT2D eigenvalue weighted by atomic mass is 10.0. The maximum Gasteiger partial charge on any atom is 0.404 e. The van der Waals surface area contributed by atoms with Crippen LogP contribution in [0.5, 0.6) is 0 Å². The van der Waals surface area contributed by atoms with Gasteiger partial charge in [0.05, 0.1) is 10.6 Å². The van der Waals surface area contributed by atoms with E-state index >= 15 is 0 Å². The second-order valence-corrected chi connectivity index (χ2v) is 9.84. The first-order chi connectivity index (χ1) is 15.4. The number of Topliss-reactive ketones (excluding diaryl/α,β-unsaturated/α-hetero) is 1. The zero-order valence-corrected chi connectivity index (χ0v) is 19.0. The number of nitrogens with one attached hydrogen (secondary N) is 1. The summed E-state index contributed by atoms with van der Waals surface area (Å²) in [6.07, 6.45) is -2.95. The summed E-state index contributed by atoms with van der Waals surface area (Å²) in [6.45, 7) is 0.945. The number of carbonyl (C=O) groups is 1. The van der Waals surface area contributed by atoms with Crippen LogP contribution in [0.2, 0.25) is 5.02 Å². The Morgan fingerprint density at radius 1 is 1.30 bits per heavy atom. The molecule has 0 fully saturated rings. The van der Waals surface area contributed by atoms with E-state index in [2.05, 4.69) is 0 Å². The van der Waals surface area contributed by atoms with E-state index in [4.69, 9.17) is 16.9 Å². The lowest BCUT2D eigenvalue weighted by molar-refractivity contribution is -0.147. The van der Waals surface area contributed by atoms with E-state index in [1.807, 2.05) is 0 Å². The van der Waals surface area contributed by atoms with Crippen LogP contribution in [0.1, 0.15) is 53.5 Å². The number of carbonyl (C=O) groups excluding carboxylic acids is 1. The first-order valence-corrected chi connectivity index (χ1v) is 11.9. The van der Waals surface area contributed by atoms with Crippen molar-refractivity contribution < 1.29 is 30.8 Å². The van der Waals surface area contributed by atoms with Gasteiger partial charge in [-0.05, 0) is 43.9 Å². The van der Waals surface area contributed by atoms with Crippen LogP contribution in [0.15, 0.2) is 23.1 Å². The number of benzene rings is 1. The van der Waals surface area contributed by atoms with Gasteiger partial charge in [-0.25, -0.2) is 12.8 Å². The van der Waals surface area contributed by atoms with Gasteiger partial charge in [0.25, 0.3) is 0 Å². The average molecular weight is 506 g/mol. The van der Waals surface area contributed by atoms with Crippen molar-refractivity contribution in [1.29, 1.82) is 5.26 Å². The number of sulfonamides is 1. The van der Waals surface area contributed by atoms with Crippen molar-refractivity contribution in [3.05, 3.63) is 51.6 Å². The van der Waals surface area contributed by atoms with Gasteiger partial charge in [-0.2, -0.15) is 23.2 Å². The van der Waals surface area contributed by atoms with Gasteiger partial charge in [0.15, 0.2) is 5.78 Å². The predicted molar refractivity (Wildman–Crippen MR) is 112 cm³/mol. The Hall–Kier alpha value is -2.42. The van der Waals surface area contributed by atoms with Crippen molar-refractivity contribution in [2.45, 2.75) is 62.7 Å². The van der Waals surface area contributed by atoms with Crippen LogP contribution in [0.25, 0.3) is 0 Å². The molecular weight excluding hydrogens is 486 g/mol. The van der Waals surface area contributed by atoms with E-state index in [0.29, 0.717) is 25.3 Å². The molecule has 2 heterocycles. The molecule has 178 valence electrons. The highest BCUT2D eigenvalue weighted by Crippen LogP contribution is 2.36. The molecule has 0 saturated heterocycles. The number of nitriles is 1. The van der Waals surface area contributed by atoms with Gasteiger partial charge >= 0.3 is 6.18 Å². The molecule has 33 heavy (non-hydrogen) atoms. The number of nitrogens with zero attached hydrogens (tertiary/aromatic N) is 2. The highest BCUT2D eigenvalue weighted by atomic mass is 35.5. The van der Waals surface area contributed by atoms with Gasteiger partial charge in [0, 0.05) is 18.7 Å². The van der Waals surface area contributed by atoms with Crippen molar-refractivity contribution >= 4 is 27.4 Å². The number of ketones is 1. The number of rotatable bonds is 6. The quantitative estimate of drug-likeness (QED) is 0.461. The monoisotopic (exact) mass is 505 g/mol.